The van der Waals surface area contributed by atoms with Crippen molar-refractivity contribution in [3.05, 3.63) is 0 Å². The van der Waals surface area contributed by atoms with Gasteiger partial charge in [-0.3, -0.25) is 4.55 Å². The molecule has 0 amide bonds. The number of nitrogens with two attached hydrogens (primary N) is 1. The Hall–Kier alpha value is -0.290. The fourth-order valence-corrected chi connectivity index (χ4v) is 11.2. The van der Waals surface area contributed by atoms with E-state index in [0.717, 1.165) is 58.3 Å². The molecule has 0 spiro atoms. The Balaban J connectivity index is 1.31. The zero-order valence-electron chi connectivity index (χ0n) is 27.8. The van der Waals surface area contributed by atoms with Gasteiger partial charge in [-0.1, -0.05) is 34.6 Å². The molecule has 0 saturated heterocycles. The molecule has 0 radical (unpaired) electrons. The first-order chi connectivity index (χ1) is 20.4. The summed E-state index contributed by atoms with van der Waals surface area (Å²) in [5.74, 6) is 4.58. The first kappa shape index (κ1) is 35.6. The topological polar surface area (TPSA) is 134 Å². The van der Waals surface area contributed by atoms with Crippen molar-refractivity contribution in [3.63, 3.8) is 0 Å². The lowest BCUT2D eigenvalue weighted by Gasteiger charge is -2.62. The molecule has 12 unspecified atom stereocenters. The van der Waals surface area contributed by atoms with E-state index in [4.69, 9.17) is 9.92 Å². The Kier molecular flexibility index (Phi) is 12.8. The quantitative estimate of drug-likeness (QED) is 0.113. The van der Waals surface area contributed by atoms with E-state index in [1.54, 1.807) is 0 Å². The average Bonchev–Trinajstić information content (AvgIpc) is 3.38. The van der Waals surface area contributed by atoms with Crippen LogP contribution in [0.4, 0.5) is 0 Å². The maximum absolute atomic E-state index is 11.7. The molecule has 4 aliphatic rings. The third kappa shape index (κ3) is 8.75. The van der Waals surface area contributed by atoms with E-state index in [2.05, 4.69) is 31.4 Å². The van der Waals surface area contributed by atoms with E-state index in [-0.39, 0.29) is 12.0 Å². The van der Waals surface area contributed by atoms with Crippen molar-refractivity contribution in [1.82, 2.24) is 10.6 Å². The molecule has 4 saturated carbocycles. The first-order valence-corrected chi connectivity index (χ1v) is 19.2. The Morgan fingerprint density at radius 3 is 2.42 bits per heavy atom. The summed E-state index contributed by atoms with van der Waals surface area (Å²) in [6, 6.07) is 0.573. The van der Waals surface area contributed by atoms with Crippen molar-refractivity contribution >= 4 is 10.4 Å². The van der Waals surface area contributed by atoms with E-state index < -0.39 is 16.5 Å². The second kappa shape index (κ2) is 15.5. The minimum atomic E-state index is -4.45. The Morgan fingerprint density at radius 2 is 1.72 bits per heavy atom. The molecular formula is C34H65N3O5S. The standard InChI is InChI=1S/C34H65N3O5S/c1-22(2)31(42-43(39,40)41)12-9-23(3)27-10-11-28-32(27)24(4)19-29-33(28)30(38)21-25-20-26(13-14-34(25,29)5)37-18-8-17-36-16-7-6-15-35/h22-33,36-38H,6-21,35H2,1-5H3,(H,39,40,41). The van der Waals surface area contributed by atoms with E-state index in [9.17, 15) is 18.1 Å². The summed E-state index contributed by atoms with van der Waals surface area (Å²) < 4.78 is 37.1. The molecule has 0 bridgehead atoms. The van der Waals surface area contributed by atoms with Crippen LogP contribution < -0.4 is 16.4 Å². The van der Waals surface area contributed by atoms with Crippen molar-refractivity contribution in [1.29, 1.82) is 0 Å². The van der Waals surface area contributed by atoms with Gasteiger partial charge in [0.2, 0.25) is 0 Å². The molecule has 9 heteroatoms. The number of rotatable bonds is 16. The van der Waals surface area contributed by atoms with E-state index >= 15 is 0 Å². The molecule has 252 valence electrons. The van der Waals surface area contributed by atoms with Crippen LogP contribution in [0.15, 0.2) is 0 Å². The number of nitrogens with one attached hydrogen (secondary N) is 2. The van der Waals surface area contributed by atoms with Gasteiger partial charge in [0, 0.05) is 6.04 Å². The Labute approximate surface area is 263 Å². The SMILES string of the molecule is CC(C)C(CCC(C)C1CCC2C1C(C)CC1C2C(O)CC2CC(NCCCNCCCCN)CCC21C)OS(=O)(=O)O. The lowest BCUT2D eigenvalue weighted by atomic mass is 9.44. The van der Waals surface area contributed by atoms with Crippen molar-refractivity contribution in [2.45, 2.75) is 130 Å². The third-order valence-electron chi connectivity index (χ3n) is 12.8. The second-order valence-electron chi connectivity index (χ2n) is 15.8. The van der Waals surface area contributed by atoms with Crippen LogP contribution in [0.2, 0.25) is 0 Å². The fourth-order valence-electron chi connectivity index (χ4n) is 10.6. The van der Waals surface area contributed by atoms with Crippen LogP contribution in [0.1, 0.15) is 112 Å². The number of unbranched alkanes of at least 4 members (excludes halogenated alkanes) is 1. The zero-order valence-corrected chi connectivity index (χ0v) is 28.7. The van der Waals surface area contributed by atoms with Crippen molar-refractivity contribution in [3.8, 4) is 0 Å². The van der Waals surface area contributed by atoms with Crippen LogP contribution in [0.25, 0.3) is 0 Å². The summed E-state index contributed by atoms with van der Waals surface area (Å²) in [5.41, 5.74) is 5.91. The highest BCUT2D eigenvalue weighted by atomic mass is 32.3. The fraction of sp³-hybridized carbons (Fsp3) is 1.00. The second-order valence-corrected chi connectivity index (χ2v) is 16.8. The molecule has 4 fully saturated rings. The molecule has 4 rings (SSSR count). The van der Waals surface area contributed by atoms with Gasteiger partial charge in [0.25, 0.3) is 0 Å². The van der Waals surface area contributed by atoms with E-state index in [1.165, 1.54) is 38.5 Å². The average molecular weight is 628 g/mol. The number of aliphatic hydroxyl groups excluding tert-OH is 1. The summed E-state index contributed by atoms with van der Waals surface area (Å²) in [4.78, 5) is 0. The molecule has 0 heterocycles. The molecular weight excluding hydrogens is 562 g/mol. The number of aliphatic hydroxyl groups is 1. The molecule has 12 atom stereocenters. The molecule has 43 heavy (non-hydrogen) atoms. The van der Waals surface area contributed by atoms with Gasteiger partial charge in [-0.15, -0.1) is 0 Å². The lowest BCUT2D eigenvalue weighted by Crippen LogP contribution is -2.59. The highest BCUT2D eigenvalue weighted by Gasteiger charge is 2.61. The van der Waals surface area contributed by atoms with E-state index in [1.807, 2.05) is 13.8 Å². The summed E-state index contributed by atoms with van der Waals surface area (Å²) in [5, 5.41) is 19.2. The van der Waals surface area contributed by atoms with E-state index in [0.29, 0.717) is 65.2 Å². The summed E-state index contributed by atoms with van der Waals surface area (Å²) >= 11 is 0. The van der Waals surface area contributed by atoms with Crippen molar-refractivity contribution < 1.29 is 22.3 Å². The largest absolute Gasteiger partial charge is 0.397 e. The summed E-state index contributed by atoms with van der Waals surface area (Å²) in [6.45, 7) is 15.2. The third-order valence-corrected chi connectivity index (χ3v) is 13.3. The van der Waals surface area contributed by atoms with Crippen molar-refractivity contribution in [2.24, 2.45) is 64.4 Å². The van der Waals surface area contributed by atoms with Crippen LogP contribution in [-0.2, 0) is 14.6 Å². The highest BCUT2D eigenvalue weighted by Crippen LogP contribution is 2.65. The minimum absolute atomic E-state index is 0.0183. The van der Waals surface area contributed by atoms with Crippen molar-refractivity contribution in [2.75, 3.05) is 26.2 Å². The van der Waals surface area contributed by atoms with Gasteiger partial charge in [0.1, 0.15) is 0 Å². The number of hydrogen-bond donors (Lipinski definition) is 5. The van der Waals surface area contributed by atoms with Crippen LogP contribution in [-0.4, -0.2) is 62.5 Å². The summed E-state index contributed by atoms with van der Waals surface area (Å²) in [7, 11) is -4.45. The number of fused-ring (bicyclic) bond motifs is 5. The van der Waals surface area contributed by atoms with Gasteiger partial charge < -0.3 is 21.5 Å². The molecule has 8 nitrogen and oxygen atoms in total. The molecule has 6 N–H and O–H groups in total. The first-order valence-electron chi connectivity index (χ1n) is 17.8. The zero-order chi connectivity index (χ0) is 31.4. The smallest absolute Gasteiger partial charge is 0.393 e. The molecule has 0 aliphatic heterocycles. The van der Waals surface area contributed by atoms with Crippen LogP contribution in [0, 0.1) is 58.7 Å². The monoisotopic (exact) mass is 627 g/mol. The van der Waals surface area contributed by atoms with Gasteiger partial charge in [0.15, 0.2) is 0 Å². The van der Waals surface area contributed by atoms with Crippen LogP contribution in [0.5, 0.6) is 0 Å². The number of hydrogen-bond acceptors (Lipinski definition) is 7. The normalized spacial score (nSPS) is 39.2. The maximum Gasteiger partial charge on any atom is 0.397 e. The summed E-state index contributed by atoms with van der Waals surface area (Å²) in [6.07, 6.45) is 12.6. The molecule has 0 aromatic heterocycles. The van der Waals surface area contributed by atoms with Gasteiger partial charge in [-0.2, -0.15) is 8.42 Å². The predicted octanol–water partition coefficient (Wildman–Crippen LogP) is 5.41. The predicted molar refractivity (Wildman–Crippen MR) is 174 cm³/mol. The van der Waals surface area contributed by atoms with Gasteiger partial charge in [-0.25, -0.2) is 4.18 Å². The van der Waals surface area contributed by atoms with Gasteiger partial charge >= 0.3 is 10.4 Å². The highest BCUT2D eigenvalue weighted by molar-refractivity contribution is 7.80. The van der Waals surface area contributed by atoms with Crippen LogP contribution in [0.3, 0.4) is 0 Å². The molecule has 0 aromatic carbocycles. The minimum Gasteiger partial charge on any atom is -0.393 e. The van der Waals surface area contributed by atoms with Crippen LogP contribution >= 0.6 is 0 Å². The molecule has 4 aliphatic carbocycles. The molecule has 0 aromatic rings. The maximum atomic E-state index is 11.7. The Morgan fingerprint density at radius 1 is 0.977 bits per heavy atom. The van der Waals surface area contributed by atoms with Gasteiger partial charge in [-0.05, 0) is 162 Å². The van der Waals surface area contributed by atoms with Gasteiger partial charge in [0.05, 0.1) is 12.2 Å². The lowest BCUT2D eigenvalue weighted by molar-refractivity contribution is -0.160. The Bertz CT molecular complexity index is 966.